The van der Waals surface area contributed by atoms with E-state index < -0.39 is 137 Å². The third kappa shape index (κ3) is 15.9. The fraction of sp³-hybridized carbons (Fsp3) is 0.638. The minimum absolute atomic E-state index is 0.00804. The van der Waals surface area contributed by atoms with Crippen LogP contribution in [0.25, 0.3) is 0 Å². The summed E-state index contributed by atoms with van der Waals surface area (Å²) in [5, 5.41) is 20.3. The van der Waals surface area contributed by atoms with Crippen molar-refractivity contribution in [2.75, 3.05) is 34.7 Å². The van der Waals surface area contributed by atoms with Crippen molar-refractivity contribution in [2.24, 2.45) is 29.6 Å². The van der Waals surface area contributed by atoms with E-state index in [1.165, 1.54) is 56.7 Å². The number of hydrogen-bond donors (Lipinski definition) is 4. The zero-order valence-corrected chi connectivity index (χ0v) is 48.4. The molecule has 0 bridgehead atoms. The summed E-state index contributed by atoms with van der Waals surface area (Å²) < 4.78 is 5.99. The molecule has 426 valence electrons. The van der Waals surface area contributed by atoms with Crippen LogP contribution in [0.3, 0.4) is 0 Å². The largest absolute Gasteiger partial charge is 0.450 e. The van der Waals surface area contributed by atoms with E-state index in [0.717, 1.165) is 15.4 Å². The van der Waals surface area contributed by atoms with Crippen molar-refractivity contribution < 1.29 is 53.0 Å². The van der Waals surface area contributed by atoms with Gasteiger partial charge in [0, 0.05) is 47.6 Å². The van der Waals surface area contributed by atoms with Gasteiger partial charge in [-0.05, 0) is 73.8 Å². The maximum Gasteiger partial charge on any atom is 0.332 e. The molecule has 2 aromatic rings. The Morgan fingerprint density at radius 1 is 0.558 bits per heavy atom. The summed E-state index contributed by atoms with van der Waals surface area (Å²) in [6.07, 6.45) is -0.703. The van der Waals surface area contributed by atoms with Crippen LogP contribution in [0.4, 0.5) is 0 Å². The van der Waals surface area contributed by atoms with Gasteiger partial charge in [-0.2, -0.15) is 0 Å². The maximum atomic E-state index is 15.2. The Balaban J connectivity index is 1.95. The lowest BCUT2D eigenvalue weighted by atomic mass is 9.94. The molecule has 0 radical (unpaired) electrons. The number of cyclic esters (lactones) is 1. The van der Waals surface area contributed by atoms with Gasteiger partial charge in [0.2, 0.25) is 41.4 Å². The Kier molecular flexibility index (Phi) is 22.4. The number of benzene rings is 2. The number of aliphatic hydroxyl groups is 1. The molecule has 19 heteroatoms. The van der Waals surface area contributed by atoms with Crippen molar-refractivity contribution in [2.45, 2.75) is 175 Å². The number of nitrogens with zero attached hydrogens (tertiary/aromatic N) is 5. The Bertz CT molecular complexity index is 2390. The molecule has 8 amide bonds. The zero-order chi connectivity index (χ0) is 58.0. The average molecular weight is 1070 g/mol. The number of hydrogen-bond acceptors (Lipinski definition) is 11. The van der Waals surface area contributed by atoms with Crippen LogP contribution in [0.2, 0.25) is 0 Å². The highest BCUT2D eigenvalue weighted by Gasteiger charge is 2.47. The summed E-state index contributed by atoms with van der Waals surface area (Å²) >= 11 is 0. The predicted octanol–water partition coefficient (Wildman–Crippen LogP) is 3.59. The van der Waals surface area contributed by atoms with Crippen LogP contribution in [0.5, 0.6) is 0 Å². The van der Waals surface area contributed by atoms with E-state index in [0.29, 0.717) is 12.0 Å². The molecular weight excluding hydrogens is 985 g/mol. The van der Waals surface area contributed by atoms with Crippen molar-refractivity contribution in [1.29, 1.82) is 0 Å². The highest BCUT2D eigenvalue weighted by Crippen LogP contribution is 2.26. The normalized spacial score (nSPS) is 26.2. The monoisotopic (exact) mass is 1070 g/mol. The number of fused-ring (bicyclic) bond motifs is 1. The average Bonchev–Trinajstić information content (AvgIpc) is 3.85. The zero-order valence-electron chi connectivity index (χ0n) is 48.4. The summed E-state index contributed by atoms with van der Waals surface area (Å²) in [6.45, 7) is 20.2. The molecule has 2 saturated heterocycles. The molecule has 2 aliphatic heterocycles. The van der Waals surface area contributed by atoms with Gasteiger partial charge in [0.1, 0.15) is 42.3 Å². The van der Waals surface area contributed by atoms with Gasteiger partial charge in [0.15, 0.2) is 12.1 Å². The Morgan fingerprint density at radius 2 is 1.04 bits per heavy atom. The first-order valence-corrected chi connectivity index (χ1v) is 27.2. The third-order valence-electron chi connectivity index (χ3n) is 14.7. The number of rotatable bonds is 11. The highest BCUT2D eigenvalue weighted by atomic mass is 16.6. The maximum absolute atomic E-state index is 15.2. The van der Waals surface area contributed by atoms with Crippen LogP contribution in [0, 0.1) is 29.6 Å². The van der Waals surface area contributed by atoms with Crippen LogP contribution in [-0.4, -0.2) is 178 Å². The molecule has 77 heavy (non-hydrogen) atoms. The Labute approximate surface area is 456 Å². The van der Waals surface area contributed by atoms with Gasteiger partial charge in [0.25, 0.3) is 5.91 Å². The van der Waals surface area contributed by atoms with Crippen molar-refractivity contribution >= 4 is 53.2 Å². The number of esters is 1. The number of amides is 8. The minimum atomic E-state index is -1.97. The van der Waals surface area contributed by atoms with Gasteiger partial charge in [0.05, 0.1) is 5.60 Å². The molecule has 0 spiro atoms. The second-order valence-corrected chi connectivity index (χ2v) is 23.4. The smallest absolute Gasteiger partial charge is 0.332 e. The lowest BCUT2D eigenvalue weighted by Gasteiger charge is -2.39. The number of likely N-dealkylation sites (N-methyl/N-ethyl adjacent to an activating group) is 4. The van der Waals surface area contributed by atoms with E-state index in [9.17, 15) is 38.7 Å². The van der Waals surface area contributed by atoms with Crippen LogP contribution in [-0.2, 0) is 60.7 Å². The molecule has 2 heterocycles. The van der Waals surface area contributed by atoms with E-state index in [1.54, 1.807) is 79.7 Å². The summed E-state index contributed by atoms with van der Waals surface area (Å²) in [6, 6.07) is 8.05. The second kappa shape index (κ2) is 27.3. The highest BCUT2D eigenvalue weighted by molar-refractivity contribution is 5.99. The number of nitrogens with one attached hydrogen (secondary N) is 3. The molecule has 0 saturated carbocycles. The topological polar surface area (TPSA) is 235 Å². The first-order chi connectivity index (χ1) is 35.9. The van der Waals surface area contributed by atoms with Gasteiger partial charge in [-0.25, -0.2) is 4.79 Å². The summed E-state index contributed by atoms with van der Waals surface area (Å²) in [4.78, 5) is 139. The van der Waals surface area contributed by atoms with Crippen molar-refractivity contribution in [3.63, 3.8) is 0 Å². The third-order valence-corrected chi connectivity index (χ3v) is 14.7. The van der Waals surface area contributed by atoms with E-state index in [-0.39, 0.29) is 38.1 Å². The quantitative estimate of drug-likeness (QED) is 0.238. The first-order valence-electron chi connectivity index (χ1n) is 27.2. The molecule has 2 aromatic carbocycles. The van der Waals surface area contributed by atoms with E-state index in [4.69, 9.17) is 4.74 Å². The molecule has 4 N–H and O–H groups in total. The van der Waals surface area contributed by atoms with Gasteiger partial charge < -0.3 is 50.3 Å². The lowest BCUT2D eigenvalue weighted by molar-refractivity contribution is -0.177. The summed E-state index contributed by atoms with van der Waals surface area (Å²) in [7, 11) is 5.62. The van der Waals surface area contributed by atoms with Crippen molar-refractivity contribution in [3.05, 3.63) is 71.8 Å². The fourth-order valence-electron chi connectivity index (χ4n) is 10.6. The SMILES string of the molecule is CC(C)CC1NC(=O)C(C(C)C)N(C)C(=O)C(C(C)C)NC(=O)C2CCCN2C(=O)C(Cc2ccccc2)N(C)C(=O)C(Cc2ccccc2)NC(=O)C(C(C)C)N(C)C(=O)C(C(C)C)OC(=O)C(C(C)(C)O)N(C)C1=O. The molecule has 0 aromatic heterocycles. The molecule has 2 fully saturated rings. The molecule has 9 unspecified atom stereocenters. The molecule has 2 aliphatic rings. The van der Waals surface area contributed by atoms with Crippen molar-refractivity contribution in [1.82, 2.24) is 40.4 Å². The van der Waals surface area contributed by atoms with Crippen LogP contribution >= 0.6 is 0 Å². The standard InChI is InChI=1S/C58H88N8O11/c1-33(2)30-40-53(71)65(16)48(58(11,12)76)57(75)77-47(37(9)10)56(74)64(15)46(36(7)8)51(69)60-41(31-38-24-19-17-20-25-38)52(70)62(13)43(32-39-26-21-18-22-27-39)54(72)66-29-23-28-42(66)49(67)61-44(34(3)4)55(73)63(14)45(35(5)6)50(68)59-40/h17-22,24-27,33-37,40-48,76H,23,28-32H2,1-16H3,(H,59,68)(H,60,69)(H,61,67). The van der Waals surface area contributed by atoms with Gasteiger partial charge in [-0.15, -0.1) is 0 Å². The van der Waals surface area contributed by atoms with Crippen LogP contribution < -0.4 is 16.0 Å². The second-order valence-electron chi connectivity index (χ2n) is 23.4. The number of carbonyl (C=O) groups excluding carboxylic acids is 9. The molecule has 9 atom stereocenters. The minimum Gasteiger partial charge on any atom is -0.450 e. The number of carbonyl (C=O) groups is 9. The van der Waals surface area contributed by atoms with Gasteiger partial charge in [-0.3, -0.25) is 38.4 Å². The van der Waals surface area contributed by atoms with E-state index in [1.807, 2.05) is 50.2 Å². The molecule has 0 aliphatic carbocycles. The summed E-state index contributed by atoms with van der Waals surface area (Å²) in [5.74, 6) is -8.84. The fourth-order valence-corrected chi connectivity index (χ4v) is 10.6. The first kappa shape index (κ1) is 63.2. The molecule has 4 rings (SSSR count). The van der Waals surface area contributed by atoms with Gasteiger partial charge >= 0.3 is 5.97 Å². The predicted molar refractivity (Wildman–Crippen MR) is 292 cm³/mol. The van der Waals surface area contributed by atoms with E-state index in [2.05, 4.69) is 16.0 Å². The summed E-state index contributed by atoms with van der Waals surface area (Å²) in [5.41, 5.74) is -0.555. The van der Waals surface area contributed by atoms with E-state index >= 15 is 9.59 Å². The molecule has 19 nitrogen and oxygen atoms in total. The van der Waals surface area contributed by atoms with Crippen LogP contribution in [0.1, 0.15) is 113 Å². The number of ether oxygens (including phenoxy) is 1. The lowest BCUT2D eigenvalue weighted by Crippen LogP contribution is -2.63. The molecular formula is C58H88N8O11. The van der Waals surface area contributed by atoms with Gasteiger partial charge in [-0.1, -0.05) is 130 Å². The van der Waals surface area contributed by atoms with Crippen LogP contribution in [0.15, 0.2) is 60.7 Å². The Morgan fingerprint density at radius 3 is 1.51 bits per heavy atom. The Hall–Kier alpha value is -6.37. The van der Waals surface area contributed by atoms with Crippen molar-refractivity contribution in [3.8, 4) is 0 Å².